The van der Waals surface area contributed by atoms with Crippen LogP contribution in [-0.4, -0.2) is 6.79 Å². The molecule has 0 amide bonds. The van der Waals surface area contributed by atoms with Gasteiger partial charge >= 0.3 is 0 Å². The Balaban J connectivity index is 2.52. The predicted molar refractivity (Wildman–Crippen MR) is 57.5 cm³/mol. The number of rotatable bonds is 1. The summed E-state index contributed by atoms with van der Waals surface area (Å²) in [6.07, 6.45) is 0. The summed E-state index contributed by atoms with van der Waals surface area (Å²) in [6, 6.07) is 3.89. The third-order valence-electron chi connectivity index (χ3n) is 2.17. The van der Waals surface area contributed by atoms with E-state index in [9.17, 15) is 0 Å². The van der Waals surface area contributed by atoms with Crippen molar-refractivity contribution in [2.75, 3.05) is 6.79 Å². The average molecular weight is 258 g/mol. The van der Waals surface area contributed by atoms with Gasteiger partial charge in [0, 0.05) is 5.54 Å². The molecule has 1 aromatic rings. The molecule has 0 unspecified atom stereocenters. The molecule has 2 N–H and O–H groups in total. The van der Waals surface area contributed by atoms with Crippen LogP contribution in [0.3, 0.4) is 0 Å². The minimum absolute atomic E-state index is 0.280. The Bertz CT molecular complexity index is 371. The van der Waals surface area contributed by atoms with Gasteiger partial charge in [0.05, 0.1) is 4.47 Å². The molecule has 76 valence electrons. The van der Waals surface area contributed by atoms with E-state index < -0.39 is 0 Å². The minimum Gasteiger partial charge on any atom is -0.454 e. The second-order valence-corrected chi connectivity index (χ2v) is 4.77. The van der Waals surface area contributed by atoms with Crippen molar-refractivity contribution >= 4 is 15.9 Å². The maximum Gasteiger partial charge on any atom is 0.231 e. The number of benzene rings is 1. The molecule has 0 atom stereocenters. The normalized spacial score (nSPS) is 14.6. The van der Waals surface area contributed by atoms with Gasteiger partial charge in [0.15, 0.2) is 11.5 Å². The van der Waals surface area contributed by atoms with Gasteiger partial charge in [-0.15, -0.1) is 0 Å². The zero-order valence-corrected chi connectivity index (χ0v) is 9.72. The maximum absolute atomic E-state index is 6.00. The van der Waals surface area contributed by atoms with Crippen LogP contribution in [0.1, 0.15) is 19.4 Å². The van der Waals surface area contributed by atoms with Crippen molar-refractivity contribution in [1.82, 2.24) is 0 Å². The lowest BCUT2D eigenvalue weighted by Crippen LogP contribution is -2.28. The third-order valence-corrected chi connectivity index (χ3v) is 2.76. The molecule has 0 bridgehead atoms. The van der Waals surface area contributed by atoms with Crippen LogP contribution in [0.15, 0.2) is 16.6 Å². The van der Waals surface area contributed by atoms with Crippen molar-refractivity contribution in [1.29, 1.82) is 0 Å². The Morgan fingerprint density at radius 2 is 2.07 bits per heavy atom. The van der Waals surface area contributed by atoms with Crippen molar-refractivity contribution in [3.8, 4) is 11.5 Å². The lowest BCUT2D eigenvalue weighted by Gasteiger charge is -2.19. The molecule has 1 heterocycles. The first-order chi connectivity index (χ1) is 6.48. The Hall–Kier alpha value is -0.740. The van der Waals surface area contributed by atoms with Crippen LogP contribution in [0.25, 0.3) is 0 Å². The van der Waals surface area contributed by atoms with Crippen LogP contribution in [0.2, 0.25) is 0 Å². The molecule has 1 aliphatic rings. The Morgan fingerprint density at radius 3 is 2.71 bits per heavy atom. The highest BCUT2D eigenvalue weighted by Crippen LogP contribution is 2.41. The number of halogens is 1. The quantitative estimate of drug-likeness (QED) is 0.841. The monoisotopic (exact) mass is 257 g/mol. The summed E-state index contributed by atoms with van der Waals surface area (Å²) in [4.78, 5) is 0. The SMILES string of the molecule is CC(C)(N)c1cc(Br)c2c(c1)OCO2. The van der Waals surface area contributed by atoms with Gasteiger partial charge in [-0.1, -0.05) is 0 Å². The van der Waals surface area contributed by atoms with Gasteiger partial charge in [-0.3, -0.25) is 0 Å². The first-order valence-electron chi connectivity index (χ1n) is 4.37. The number of nitrogens with two attached hydrogens (primary N) is 1. The summed E-state index contributed by atoms with van der Waals surface area (Å²) in [7, 11) is 0. The molecule has 14 heavy (non-hydrogen) atoms. The molecule has 0 aliphatic carbocycles. The van der Waals surface area contributed by atoms with Crippen LogP contribution in [0.5, 0.6) is 11.5 Å². The van der Waals surface area contributed by atoms with Crippen molar-refractivity contribution in [3.05, 3.63) is 22.2 Å². The van der Waals surface area contributed by atoms with E-state index in [2.05, 4.69) is 15.9 Å². The fraction of sp³-hybridized carbons (Fsp3) is 0.400. The number of fused-ring (bicyclic) bond motifs is 1. The standard InChI is InChI=1S/C10H12BrNO2/c1-10(2,12)6-3-7(11)9-8(4-6)13-5-14-9/h3-4H,5,12H2,1-2H3. The molecule has 3 nitrogen and oxygen atoms in total. The molecule has 0 saturated carbocycles. The van der Waals surface area contributed by atoms with Crippen molar-refractivity contribution in [2.24, 2.45) is 5.73 Å². The molecule has 0 fully saturated rings. The Morgan fingerprint density at radius 1 is 1.36 bits per heavy atom. The lowest BCUT2D eigenvalue weighted by molar-refractivity contribution is 0.173. The minimum atomic E-state index is -0.372. The van der Waals surface area contributed by atoms with Crippen LogP contribution in [0.4, 0.5) is 0 Å². The molecule has 0 radical (unpaired) electrons. The molecule has 0 spiro atoms. The van der Waals surface area contributed by atoms with Gasteiger partial charge in [-0.05, 0) is 47.5 Å². The first kappa shape index (κ1) is 9.80. The number of hydrogen-bond donors (Lipinski definition) is 1. The topological polar surface area (TPSA) is 44.5 Å². The van der Waals surface area contributed by atoms with E-state index in [0.29, 0.717) is 0 Å². The fourth-order valence-corrected chi connectivity index (χ4v) is 1.90. The van der Waals surface area contributed by atoms with E-state index in [-0.39, 0.29) is 12.3 Å². The highest BCUT2D eigenvalue weighted by atomic mass is 79.9. The second-order valence-electron chi connectivity index (χ2n) is 3.91. The highest BCUT2D eigenvalue weighted by Gasteiger charge is 2.22. The van der Waals surface area contributed by atoms with E-state index in [1.54, 1.807) is 0 Å². The molecule has 0 saturated heterocycles. The van der Waals surface area contributed by atoms with Crippen LogP contribution >= 0.6 is 15.9 Å². The van der Waals surface area contributed by atoms with Gasteiger partial charge < -0.3 is 15.2 Å². The zero-order chi connectivity index (χ0) is 10.3. The number of hydrogen-bond acceptors (Lipinski definition) is 3. The van der Waals surface area contributed by atoms with Gasteiger partial charge in [-0.2, -0.15) is 0 Å². The number of ether oxygens (including phenoxy) is 2. The third kappa shape index (κ3) is 1.60. The molecule has 0 aromatic heterocycles. The second kappa shape index (κ2) is 3.14. The Kier molecular flexibility index (Phi) is 2.20. The summed E-state index contributed by atoms with van der Waals surface area (Å²) in [5.41, 5.74) is 6.65. The lowest BCUT2D eigenvalue weighted by atomic mass is 9.95. The van der Waals surface area contributed by atoms with E-state index in [0.717, 1.165) is 21.5 Å². The maximum atomic E-state index is 6.00. The average Bonchev–Trinajstić information content (AvgIpc) is 2.50. The van der Waals surface area contributed by atoms with E-state index in [4.69, 9.17) is 15.2 Å². The largest absolute Gasteiger partial charge is 0.454 e. The summed E-state index contributed by atoms with van der Waals surface area (Å²) < 4.78 is 11.5. The van der Waals surface area contributed by atoms with E-state index >= 15 is 0 Å². The summed E-state index contributed by atoms with van der Waals surface area (Å²) in [5.74, 6) is 1.52. The molecule has 4 heteroatoms. The van der Waals surface area contributed by atoms with Crippen molar-refractivity contribution in [3.63, 3.8) is 0 Å². The van der Waals surface area contributed by atoms with Gasteiger partial charge in [0.2, 0.25) is 6.79 Å². The van der Waals surface area contributed by atoms with Crippen LogP contribution in [0, 0.1) is 0 Å². The Labute approximate surface area is 91.3 Å². The van der Waals surface area contributed by atoms with E-state index in [1.807, 2.05) is 26.0 Å². The van der Waals surface area contributed by atoms with Gasteiger partial charge in [0.25, 0.3) is 0 Å². The molecule has 2 rings (SSSR count). The van der Waals surface area contributed by atoms with Crippen LogP contribution in [-0.2, 0) is 5.54 Å². The van der Waals surface area contributed by atoms with Crippen molar-refractivity contribution in [2.45, 2.75) is 19.4 Å². The fourth-order valence-electron chi connectivity index (χ4n) is 1.34. The van der Waals surface area contributed by atoms with Crippen LogP contribution < -0.4 is 15.2 Å². The molecule has 1 aliphatic heterocycles. The summed E-state index contributed by atoms with van der Waals surface area (Å²) in [5, 5.41) is 0. The summed E-state index contributed by atoms with van der Waals surface area (Å²) >= 11 is 3.43. The van der Waals surface area contributed by atoms with Gasteiger partial charge in [-0.25, -0.2) is 0 Å². The molecule has 1 aromatic carbocycles. The summed E-state index contributed by atoms with van der Waals surface area (Å²) in [6.45, 7) is 4.19. The molecular weight excluding hydrogens is 246 g/mol. The molecular formula is C10H12BrNO2. The first-order valence-corrected chi connectivity index (χ1v) is 5.16. The van der Waals surface area contributed by atoms with E-state index in [1.165, 1.54) is 0 Å². The van der Waals surface area contributed by atoms with Crippen molar-refractivity contribution < 1.29 is 9.47 Å². The zero-order valence-electron chi connectivity index (χ0n) is 8.13. The highest BCUT2D eigenvalue weighted by molar-refractivity contribution is 9.10. The smallest absolute Gasteiger partial charge is 0.231 e. The van der Waals surface area contributed by atoms with Gasteiger partial charge in [0.1, 0.15) is 0 Å². The predicted octanol–water partition coefficient (Wildman–Crippen LogP) is 2.37.